The van der Waals surface area contributed by atoms with Gasteiger partial charge in [0.1, 0.15) is 11.6 Å². The maximum Gasteiger partial charge on any atom is 0.130 e. The van der Waals surface area contributed by atoms with Crippen LogP contribution in [0.1, 0.15) is 50.6 Å². The van der Waals surface area contributed by atoms with E-state index in [-0.39, 0.29) is 6.04 Å². The van der Waals surface area contributed by atoms with Gasteiger partial charge >= 0.3 is 0 Å². The van der Waals surface area contributed by atoms with E-state index in [1.54, 1.807) is 0 Å². The molecule has 1 unspecified atom stereocenters. The molecule has 1 fully saturated rings. The number of hydrogen-bond acceptors (Lipinski definition) is 1. The van der Waals surface area contributed by atoms with Gasteiger partial charge in [-0.3, -0.25) is 0 Å². The highest BCUT2D eigenvalue weighted by atomic mass is 19.1. The van der Waals surface area contributed by atoms with Crippen molar-refractivity contribution < 1.29 is 8.78 Å². The van der Waals surface area contributed by atoms with Crippen molar-refractivity contribution in [1.29, 1.82) is 0 Å². The summed E-state index contributed by atoms with van der Waals surface area (Å²) in [7, 11) is 0. The van der Waals surface area contributed by atoms with Crippen molar-refractivity contribution in [2.45, 2.75) is 45.1 Å². The predicted octanol–water partition coefficient (Wildman–Crippen LogP) is 4.18. The van der Waals surface area contributed by atoms with Gasteiger partial charge < -0.3 is 5.73 Å². The lowest BCUT2D eigenvalue weighted by Gasteiger charge is -2.32. The molecule has 0 aliphatic heterocycles. The topological polar surface area (TPSA) is 26.0 Å². The van der Waals surface area contributed by atoms with Crippen molar-refractivity contribution in [1.82, 2.24) is 0 Å². The van der Waals surface area contributed by atoms with Gasteiger partial charge in [0.25, 0.3) is 0 Å². The van der Waals surface area contributed by atoms with E-state index in [1.807, 2.05) is 0 Å². The van der Waals surface area contributed by atoms with Gasteiger partial charge in [-0.2, -0.15) is 0 Å². The third-order valence-electron chi connectivity index (χ3n) is 4.30. The van der Waals surface area contributed by atoms with E-state index in [0.717, 1.165) is 24.8 Å². The van der Waals surface area contributed by atoms with Gasteiger partial charge in [0.15, 0.2) is 0 Å². The Morgan fingerprint density at radius 1 is 1.22 bits per heavy atom. The Bertz CT molecular complexity index is 397. The molecule has 1 aromatic carbocycles. The van der Waals surface area contributed by atoms with Gasteiger partial charge in [-0.25, -0.2) is 8.78 Å². The number of nitrogens with two attached hydrogens (primary N) is 1. The minimum Gasteiger partial charge on any atom is -0.324 e. The summed E-state index contributed by atoms with van der Waals surface area (Å²) in [4.78, 5) is 0. The Balaban J connectivity index is 2.05. The molecule has 1 atom stereocenters. The average molecular weight is 253 g/mol. The lowest BCUT2D eigenvalue weighted by atomic mass is 9.76. The van der Waals surface area contributed by atoms with E-state index in [9.17, 15) is 8.78 Å². The zero-order valence-corrected chi connectivity index (χ0v) is 10.8. The molecule has 1 aliphatic carbocycles. The van der Waals surface area contributed by atoms with Crippen molar-refractivity contribution in [2.75, 3.05) is 0 Å². The molecule has 0 radical (unpaired) electrons. The molecule has 1 nitrogen and oxygen atoms in total. The van der Waals surface area contributed by atoms with Crippen LogP contribution in [0, 0.1) is 23.5 Å². The normalized spacial score (nSPS) is 26.0. The fourth-order valence-electron chi connectivity index (χ4n) is 2.98. The second-order valence-electron chi connectivity index (χ2n) is 5.38. The summed E-state index contributed by atoms with van der Waals surface area (Å²) in [5.41, 5.74) is 6.60. The summed E-state index contributed by atoms with van der Waals surface area (Å²) in [6.07, 6.45) is 5.68. The molecule has 1 saturated carbocycles. The van der Waals surface area contributed by atoms with Crippen LogP contribution in [0.25, 0.3) is 0 Å². The molecular weight excluding hydrogens is 232 g/mol. The van der Waals surface area contributed by atoms with E-state index in [0.29, 0.717) is 11.5 Å². The third kappa shape index (κ3) is 2.89. The van der Waals surface area contributed by atoms with Crippen LogP contribution in [-0.2, 0) is 0 Å². The highest BCUT2D eigenvalue weighted by Gasteiger charge is 2.27. The van der Waals surface area contributed by atoms with Crippen LogP contribution >= 0.6 is 0 Å². The van der Waals surface area contributed by atoms with Gasteiger partial charge in [-0.15, -0.1) is 0 Å². The Hall–Kier alpha value is -0.960. The first-order valence-corrected chi connectivity index (χ1v) is 6.82. The summed E-state index contributed by atoms with van der Waals surface area (Å²) >= 11 is 0. The first-order chi connectivity index (χ1) is 8.61. The van der Waals surface area contributed by atoms with Gasteiger partial charge in [0, 0.05) is 17.7 Å². The predicted molar refractivity (Wildman–Crippen MR) is 69.0 cm³/mol. The van der Waals surface area contributed by atoms with Crippen molar-refractivity contribution in [2.24, 2.45) is 17.6 Å². The van der Waals surface area contributed by atoms with Crippen molar-refractivity contribution >= 4 is 0 Å². The molecular formula is C15H21F2N. The van der Waals surface area contributed by atoms with Crippen molar-refractivity contribution in [3.63, 3.8) is 0 Å². The van der Waals surface area contributed by atoms with Crippen LogP contribution < -0.4 is 5.73 Å². The minimum atomic E-state index is -0.543. The lowest BCUT2D eigenvalue weighted by molar-refractivity contribution is 0.237. The van der Waals surface area contributed by atoms with Gasteiger partial charge in [-0.05, 0) is 30.7 Å². The summed E-state index contributed by atoms with van der Waals surface area (Å²) in [6, 6.07) is 3.40. The monoisotopic (exact) mass is 253 g/mol. The summed E-state index contributed by atoms with van der Waals surface area (Å²) in [5, 5.41) is 0. The van der Waals surface area contributed by atoms with Gasteiger partial charge in [0.2, 0.25) is 0 Å². The number of halogens is 2. The van der Waals surface area contributed by atoms with Crippen LogP contribution in [0.15, 0.2) is 18.2 Å². The number of rotatable bonds is 3. The maximum atomic E-state index is 13.7. The first-order valence-electron chi connectivity index (χ1n) is 6.82. The SMILES string of the molecule is CCC1CCC(C(N)c2ccc(F)cc2F)CC1. The molecule has 0 bridgehead atoms. The molecule has 2 rings (SSSR count). The van der Waals surface area contributed by atoms with E-state index < -0.39 is 11.6 Å². The Kier molecular flexibility index (Phi) is 4.33. The van der Waals surface area contributed by atoms with E-state index in [2.05, 4.69) is 6.92 Å². The molecule has 1 aliphatic rings. The Morgan fingerprint density at radius 2 is 1.89 bits per heavy atom. The van der Waals surface area contributed by atoms with Crippen molar-refractivity contribution in [3.05, 3.63) is 35.4 Å². The Labute approximate surface area is 107 Å². The molecule has 0 aromatic heterocycles. The second kappa shape index (κ2) is 5.79. The highest BCUT2D eigenvalue weighted by Crippen LogP contribution is 2.37. The molecule has 0 amide bonds. The third-order valence-corrected chi connectivity index (χ3v) is 4.30. The van der Waals surface area contributed by atoms with E-state index in [1.165, 1.54) is 31.4 Å². The molecule has 0 saturated heterocycles. The summed E-state index contributed by atoms with van der Waals surface area (Å²) in [5.74, 6) is 0.0672. The van der Waals surface area contributed by atoms with E-state index in [4.69, 9.17) is 5.73 Å². The minimum absolute atomic E-state index is 0.302. The zero-order chi connectivity index (χ0) is 13.1. The lowest BCUT2D eigenvalue weighted by Crippen LogP contribution is -2.26. The molecule has 1 aromatic rings. The molecule has 100 valence electrons. The average Bonchev–Trinajstić information content (AvgIpc) is 2.38. The molecule has 3 heteroatoms. The van der Waals surface area contributed by atoms with Crippen LogP contribution in [0.3, 0.4) is 0 Å². The number of benzene rings is 1. The van der Waals surface area contributed by atoms with Crippen LogP contribution in [0.4, 0.5) is 8.78 Å². The first kappa shape index (κ1) is 13.5. The largest absolute Gasteiger partial charge is 0.324 e. The summed E-state index contributed by atoms with van der Waals surface area (Å²) < 4.78 is 26.5. The number of hydrogen-bond donors (Lipinski definition) is 1. The Morgan fingerprint density at radius 3 is 2.44 bits per heavy atom. The smallest absolute Gasteiger partial charge is 0.130 e. The quantitative estimate of drug-likeness (QED) is 0.859. The zero-order valence-electron chi connectivity index (χ0n) is 10.8. The van der Waals surface area contributed by atoms with Gasteiger partial charge in [0.05, 0.1) is 0 Å². The molecule has 18 heavy (non-hydrogen) atoms. The summed E-state index contributed by atoms with van der Waals surface area (Å²) in [6.45, 7) is 2.21. The fraction of sp³-hybridized carbons (Fsp3) is 0.600. The fourth-order valence-corrected chi connectivity index (χ4v) is 2.98. The highest BCUT2D eigenvalue weighted by molar-refractivity contribution is 5.22. The van der Waals surface area contributed by atoms with Crippen LogP contribution in [-0.4, -0.2) is 0 Å². The van der Waals surface area contributed by atoms with Crippen LogP contribution in [0.5, 0.6) is 0 Å². The van der Waals surface area contributed by atoms with Crippen LogP contribution in [0.2, 0.25) is 0 Å². The standard InChI is InChI=1S/C15H21F2N/c1-2-10-3-5-11(6-4-10)15(18)13-8-7-12(16)9-14(13)17/h7-11,15H,2-6,18H2,1H3. The molecule has 0 spiro atoms. The van der Waals surface area contributed by atoms with Crippen molar-refractivity contribution in [3.8, 4) is 0 Å². The maximum absolute atomic E-state index is 13.7. The molecule has 2 N–H and O–H groups in total. The molecule has 0 heterocycles. The van der Waals surface area contributed by atoms with Gasteiger partial charge in [-0.1, -0.05) is 32.3 Å². The second-order valence-corrected chi connectivity index (χ2v) is 5.38. The van der Waals surface area contributed by atoms with E-state index >= 15 is 0 Å².